The van der Waals surface area contributed by atoms with Gasteiger partial charge in [-0.1, -0.05) is 47.5 Å². The molecular formula is C22H27Cl2N3O3S. The fourth-order valence-corrected chi connectivity index (χ4v) is 5.93. The topological polar surface area (TPSA) is 69.7 Å². The van der Waals surface area contributed by atoms with Crippen LogP contribution in [0.25, 0.3) is 0 Å². The van der Waals surface area contributed by atoms with Gasteiger partial charge in [0.25, 0.3) is 0 Å². The van der Waals surface area contributed by atoms with E-state index in [0.717, 1.165) is 12.1 Å². The molecule has 6 nitrogen and oxygen atoms in total. The fraction of sp³-hybridized carbons (Fsp3) is 0.409. The molecule has 168 valence electrons. The molecule has 1 saturated heterocycles. The number of hydrogen-bond donors (Lipinski definition) is 1. The highest BCUT2D eigenvalue weighted by Gasteiger charge is 2.33. The number of nitrogens with zero attached hydrogens (tertiary/aromatic N) is 2. The molecule has 1 fully saturated rings. The lowest BCUT2D eigenvalue weighted by atomic mass is 9.97. The molecule has 2 aromatic carbocycles. The number of amides is 1. The number of carbonyl (C=O) groups excluding carboxylic acids is 1. The molecule has 0 unspecified atom stereocenters. The third-order valence-electron chi connectivity index (χ3n) is 5.39. The van der Waals surface area contributed by atoms with Crippen LogP contribution < -0.4 is 5.32 Å². The summed E-state index contributed by atoms with van der Waals surface area (Å²) in [5.41, 5.74) is 2.26. The van der Waals surface area contributed by atoms with Gasteiger partial charge in [0.2, 0.25) is 15.9 Å². The second-order valence-electron chi connectivity index (χ2n) is 7.98. The van der Waals surface area contributed by atoms with Gasteiger partial charge in [-0.3, -0.25) is 4.79 Å². The molecule has 0 saturated carbocycles. The van der Waals surface area contributed by atoms with Gasteiger partial charge in [-0.2, -0.15) is 4.31 Å². The summed E-state index contributed by atoms with van der Waals surface area (Å²) in [7, 11) is 0.259. The Morgan fingerprint density at radius 2 is 1.74 bits per heavy atom. The number of nitrogens with one attached hydrogen (secondary N) is 1. The van der Waals surface area contributed by atoms with Gasteiger partial charge in [-0.15, -0.1) is 0 Å². The van der Waals surface area contributed by atoms with E-state index < -0.39 is 10.0 Å². The van der Waals surface area contributed by atoms with Crippen LogP contribution in [0.3, 0.4) is 0 Å². The van der Waals surface area contributed by atoms with Crippen molar-refractivity contribution in [3.63, 3.8) is 0 Å². The Bertz CT molecular complexity index is 1040. The lowest BCUT2D eigenvalue weighted by molar-refractivity contribution is -0.126. The van der Waals surface area contributed by atoms with E-state index >= 15 is 0 Å². The summed E-state index contributed by atoms with van der Waals surface area (Å²) in [4.78, 5) is 14.8. The first-order valence-corrected chi connectivity index (χ1v) is 12.3. The van der Waals surface area contributed by atoms with E-state index in [9.17, 15) is 13.2 Å². The lowest BCUT2D eigenvalue weighted by Gasteiger charge is -2.30. The minimum absolute atomic E-state index is 0.00191. The molecule has 1 aliphatic heterocycles. The third-order valence-corrected chi connectivity index (χ3v) is 8.01. The fourth-order valence-electron chi connectivity index (χ4n) is 3.72. The quantitative estimate of drug-likeness (QED) is 0.650. The zero-order valence-corrected chi connectivity index (χ0v) is 20.0. The molecule has 1 N–H and O–H groups in total. The van der Waals surface area contributed by atoms with Gasteiger partial charge in [0, 0.05) is 37.1 Å². The predicted molar refractivity (Wildman–Crippen MR) is 124 cm³/mol. The molecule has 0 atom stereocenters. The number of rotatable bonds is 7. The Labute approximate surface area is 194 Å². The van der Waals surface area contributed by atoms with Crippen LogP contribution in [0.4, 0.5) is 0 Å². The summed E-state index contributed by atoms with van der Waals surface area (Å²) in [6.07, 6.45) is 0.922. The van der Waals surface area contributed by atoms with Crippen LogP contribution in [0.1, 0.15) is 24.0 Å². The van der Waals surface area contributed by atoms with Crippen LogP contribution >= 0.6 is 23.2 Å². The van der Waals surface area contributed by atoms with Crippen LogP contribution in [0.2, 0.25) is 10.0 Å². The Morgan fingerprint density at radius 1 is 1.10 bits per heavy atom. The van der Waals surface area contributed by atoms with Crippen molar-refractivity contribution < 1.29 is 13.2 Å². The standard InChI is InChI=1S/C22H27Cl2N3O3S/c1-26(2)15-18-6-4-3-5-17(18)14-25-22(28)16-9-11-27(12-10-16)31(29,30)21-13-19(23)7-8-20(21)24/h3-8,13,16H,9-12,14-15H2,1-2H3,(H,25,28). The zero-order chi connectivity index (χ0) is 22.6. The highest BCUT2D eigenvalue weighted by Crippen LogP contribution is 2.30. The van der Waals surface area contributed by atoms with E-state index in [-0.39, 0.29) is 34.8 Å². The normalized spacial score (nSPS) is 15.9. The highest BCUT2D eigenvalue weighted by atomic mass is 35.5. The number of piperidine rings is 1. The van der Waals surface area contributed by atoms with Crippen molar-refractivity contribution in [3.05, 3.63) is 63.6 Å². The third kappa shape index (κ3) is 5.99. The van der Waals surface area contributed by atoms with Crippen LogP contribution in [0.15, 0.2) is 47.4 Å². The molecule has 2 aromatic rings. The molecule has 0 spiro atoms. The molecule has 0 aromatic heterocycles. The van der Waals surface area contributed by atoms with Crippen LogP contribution in [0.5, 0.6) is 0 Å². The summed E-state index contributed by atoms with van der Waals surface area (Å²) in [6, 6.07) is 12.4. The first-order valence-electron chi connectivity index (χ1n) is 10.1. The van der Waals surface area contributed by atoms with Crippen molar-refractivity contribution >= 4 is 39.1 Å². The minimum Gasteiger partial charge on any atom is -0.352 e. The van der Waals surface area contributed by atoms with E-state index in [4.69, 9.17) is 23.2 Å². The number of hydrogen-bond acceptors (Lipinski definition) is 4. The average Bonchev–Trinajstić information content (AvgIpc) is 2.74. The summed E-state index contributed by atoms with van der Waals surface area (Å²) in [6.45, 7) is 1.79. The van der Waals surface area contributed by atoms with Crippen molar-refractivity contribution in [2.24, 2.45) is 5.92 Å². The van der Waals surface area contributed by atoms with Crippen molar-refractivity contribution in [1.29, 1.82) is 0 Å². The van der Waals surface area contributed by atoms with Gasteiger partial charge in [0.05, 0.1) is 5.02 Å². The van der Waals surface area contributed by atoms with Crippen LogP contribution in [0, 0.1) is 5.92 Å². The van der Waals surface area contributed by atoms with E-state index in [0.29, 0.717) is 24.4 Å². The lowest BCUT2D eigenvalue weighted by Crippen LogP contribution is -2.43. The molecule has 0 radical (unpaired) electrons. The number of sulfonamides is 1. The predicted octanol–water partition coefficient (Wildman–Crippen LogP) is 3.77. The van der Waals surface area contributed by atoms with Gasteiger partial charge >= 0.3 is 0 Å². The Hall–Kier alpha value is -1.64. The van der Waals surface area contributed by atoms with Gasteiger partial charge in [0.15, 0.2) is 0 Å². The summed E-state index contributed by atoms with van der Waals surface area (Å²) in [5.74, 6) is -0.264. The SMILES string of the molecule is CN(C)Cc1ccccc1CNC(=O)C1CCN(S(=O)(=O)c2cc(Cl)ccc2Cl)CC1. The Balaban J connectivity index is 1.59. The number of carbonyl (C=O) groups is 1. The monoisotopic (exact) mass is 483 g/mol. The van der Waals surface area contributed by atoms with Crippen LogP contribution in [-0.2, 0) is 27.9 Å². The maximum atomic E-state index is 13.0. The average molecular weight is 484 g/mol. The molecule has 9 heteroatoms. The van der Waals surface area contributed by atoms with Gasteiger partial charge in [-0.25, -0.2) is 8.42 Å². The van der Waals surface area contributed by atoms with Crippen LogP contribution in [-0.4, -0.2) is 50.7 Å². The van der Waals surface area contributed by atoms with Gasteiger partial charge < -0.3 is 10.2 Å². The summed E-state index contributed by atoms with van der Waals surface area (Å²) >= 11 is 12.0. The zero-order valence-electron chi connectivity index (χ0n) is 17.6. The Morgan fingerprint density at radius 3 is 2.39 bits per heavy atom. The summed E-state index contributed by atoms with van der Waals surface area (Å²) < 4.78 is 27.3. The van der Waals surface area contributed by atoms with Gasteiger partial charge in [0.1, 0.15) is 4.90 Å². The maximum Gasteiger partial charge on any atom is 0.244 e. The molecule has 0 bridgehead atoms. The first kappa shape index (κ1) is 24.0. The van der Waals surface area contributed by atoms with Crippen molar-refractivity contribution in [3.8, 4) is 0 Å². The van der Waals surface area contributed by atoms with Crippen molar-refractivity contribution in [2.75, 3.05) is 27.2 Å². The molecule has 31 heavy (non-hydrogen) atoms. The second kappa shape index (κ2) is 10.3. The van der Waals surface area contributed by atoms with E-state index in [1.807, 2.05) is 32.3 Å². The minimum atomic E-state index is -3.76. The largest absolute Gasteiger partial charge is 0.352 e. The molecule has 0 aliphatic carbocycles. The Kier molecular flexibility index (Phi) is 7.99. The van der Waals surface area contributed by atoms with Crippen molar-refractivity contribution in [2.45, 2.75) is 30.8 Å². The van der Waals surface area contributed by atoms with E-state index in [1.54, 1.807) is 6.07 Å². The molecular weight excluding hydrogens is 457 g/mol. The number of halogens is 2. The maximum absolute atomic E-state index is 13.0. The molecule has 3 rings (SSSR count). The van der Waals surface area contributed by atoms with Crippen molar-refractivity contribution in [1.82, 2.24) is 14.5 Å². The smallest absolute Gasteiger partial charge is 0.244 e. The molecule has 1 heterocycles. The summed E-state index contributed by atoms with van der Waals surface area (Å²) in [5, 5.41) is 3.47. The number of benzene rings is 2. The molecule has 1 amide bonds. The molecule has 1 aliphatic rings. The second-order valence-corrected chi connectivity index (χ2v) is 10.7. The first-order chi connectivity index (χ1) is 14.7. The van der Waals surface area contributed by atoms with Gasteiger partial charge in [-0.05, 0) is 56.3 Å². The van der Waals surface area contributed by atoms with E-state index in [1.165, 1.54) is 22.0 Å². The highest BCUT2D eigenvalue weighted by molar-refractivity contribution is 7.89. The van der Waals surface area contributed by atoms with E-state index in [2.05, 4.69) is 16.3 Å².